The number of nitrogens with zero attached hydrogens (tertiary/aromatic N) is 3. The minimum Gasteiger partial charge on any atom is -0.361 e. The molecule has 0 atom stereocenters. The van der Waals surface area contributed by atoms with E-state index in [1.807, 2.05) is 12.1 Å². The minimum atomic E-state index is -0.382. The Hall–Kier alpha value is -2.16. The number of rotatable bonds is 3. The van der Waals surface area contributed by atoms with E-state index in [9.17, 15) is 4.79 Å². The standard InChI is InChI=1S/C12H8ClN3O/c13-9-3-4-10(12(17)8-15-14)11(7-9)16-5-1-2-6-16/h1-8H. The van der Waals surface area contributed by atoms with Crippen LogP contribution in [0.5, 0.6) is 0 Å². The topological polar surface area (TPSA) is 58.4 Å². The van der Waals surface area contributed by atoms with Crippen LogP contribution in [0, 0.1) is 0 Å². The quantitative estimate of drug-likeness (QED) is 0.355. The fraction of sp³-hybridized carbons (Fsp3) is 0. The summed E-state index contributed by atoms with van der Waals surface area (Å²) in [6, 6.07) is 8.58. The molecule has 0 aliphatic heterocycles. The van der Waals surface area contributed by atoms with Gasteiger partial charge in [-0.05, 0) is 30.3 Å². The number of hydrogen-bond donors (Lipinski definition) is 0. The van der Waals surface area contributed by atoms with Gasteiger partial charge < -0.3 is 10.1 Å². The molecule has 0 saturated carbocycles. The highest BCUT2D eigenvalue weighted by Gasteiger charge is 2.14. The zero-order chi connectivity index (χ0) is 12.3. The summed E-state index contributed by atoms with van der Waals surface area (Å²) in [6.45, 7) is 0. The van der Waals surface area contributed by atoms with Crippen molar-refractivity contribution in [3.05, 3.63) is 58.8 Å². The number of benzene rings is 1. The molecule has 0 saturated heterocycles. The molecule has 1 aromatic heterocycles. The first-order chi connectivity index (χ1) is 8.22. The summed E-state index contributed by atoms with van der Waals surface area (Å²) in [5, 5.41) is 0.534. The SMILES string of the molecule is [N-]=[N+]=CC(=O)c1ccc(Cl)cc1-n1cccc1. The summed E-state index contributed by atoms with van der Waals surface area (Å²) < 4.78 is 1.77. The molecule has 0 unspecified atom stereocenters. The van der Waals surface area contributed by atoms with Crippen molar-refractivity contribution in [2.75, 3.05) is 0 Å². The lowest BCUT2D eigenvalue weighted by Crippen LogP contribution is -2.06. The van der Waals surface area contributed by atoms with E-state index in [1.165, 1.54) is 0 Å². The van der Waals surface area contributed by atoms with Crippen LogP contribution in [0.4, 0.5) is 0 Å². The van der Waals surface area contributed by atoms with Crippen molar-refractivity contribution < 1.29 is 9.58 Å². The van der Waals surface area contributed by atoms with Gasteiger partial charge >= 0.3 is 6.21 Å². The molecule has 84 valence electrons. The molecule has 5 heteroatoms. The van der Waals surface area contributed by atoms with Crippen LogP contribution in [0.1, 0.15) is 10.4 Å². The average molecular weight is 246 g/mol. The van der Waals surface area contributed by atoms with Crippen LogP contribution in [0.3, 0.4) is 0 Å². The van der Waals surface area contributed by atoms with Gasteiger partial charge in [0.2, 0.25) is 0 Å². The maximum Gasteiger partial charge on any atom is 0.328 e. The number of carbonyl (C=O) groups is 1. The number of halogens is 1. The maximum atomic E-state index is 11.7. The summed E-state index contributed by atoms with van der Waals surface area (Å²) in [7, 11) is 0. The Labute approximate surface area is 103 Å². The van der Waals surface area contributed by atoms with Gasteiger partial charge in [0, 0.05) is 17.4 Å². The molecule has 2 aromatic rings. The van der Waals surface area contributed by atoms with Gasteiger partial charge in [-0.15, -0.1) is 0 Å². The van der Waals surface area contributed by atoms with E-state index in [4.69, 9.17) is 17.1 Å². The predicted octanol–water partition coefficient (Wildman–Crippen LogP) is 2.61. The molecular weight excluding hydrogens is 238 g/mol. The molecule has 1 heterocycles. The zero-order valence-electron chi connectivity index (χ0n) is 8.75. The first-order valence-corrected chi connectivity index (χ1v) is 5.25. The van der Waals surface area contributed by atoms with Crippen molar-refractivity contribution in [2.24, 2.45) is 0 Å². The fourth-order valence-electron chi connectivity index (χ4n) is 1.54. The number of hydrogen-bond acceptors (Lipinski definition) is 1. The largest absolute Gasteiger partial charge is 0.361 e. The molecule has 4 nitrogen and oxygen atoms in total. The van der Waals surface area contributed by atoms with Crippen LogP contribution in [0.25, 0.3) is 11.2 Å². The first-order valence-electron chi connectivity index (χ1n) is 4.87. The molecule has 2 rings (SSSR count). The van der Waals surface area contributed by atoms with Crippen LogP contribution in [0.2, 0.25) is 5.02 Å². The second-order valence-electron chi connectivity index (χ2n) is 3.36. The predicted molar refractivity (Wildman–Crippen MR) is 64.8 cm³/mol. The van der Waals surface area contributed by atoms with Crippen molar-refractivity contribution in [1.29, 1.82) is 0 Å². The smallest absolute Gasteiger partial charge is 0.328 e. The van der Waals surface area contributed by atoms with Gasteiger partial charge in [-0.25, -0.2) is 0 Å². The summed E-state index contributed by atoms with van der Waals surface area (Å²) in [5.41, 5.74) is 9.46. The summed E-state index contributed by atoms with van der Waals surface area (Å²) >= 11 is 5.91. The van der Waals surface area contributed by atoms with Crippen molar-refractivity contribution >= 4 is 23.6 Å². The lowest BCUT2D eigenvalue weighted by molar-refractivity contribution is 0.00234. The second kappa shape index (κ2) is 4.78. The molecule has 0 fully saturated rings. The Bertz CT molecular complexity index is 598. The highest BCUT2D eigenvalue weighted by Crippen LogP contribution is 2.20. The summed E-state index contributed by atoms with van der Waals surface area (Å²) in [6.07, 6.45) is 4.47. The second-order valence-corrected chi connectivity index (χ2v) is 3.80. The maximum absolute atomic E-state index is 11.7. The molecule has 17 heavy (non-hydrogen) atoms. The Morgan fingerprint density at radius 3 is 2.71 bits per heavy atom. The third-order valence-corrected chi connectivity index (χ3v) is 2.52. The van der Waals surface area contributed by atoms with Gasteiger partial charge in [0.15, 0.2) is 0 Å². The molecule has 0 aliphatic carbocycles. The van der Waals surface area contributed by atoms with E-state index in [1.54, 1.807) is 35.2 Å². The van der Waals surface area contributed by atoms with Crippen LogP contribution >= 0.6 is 11.6 Å². The number of aromatic nitrogens is 1. The molecule has 0 aliphatic rings. The van der Waals surface area contributed by atoms with Crippen molar-refractivity contribution in [2.45, 2.75) is 0 Å². The van der Waals surface area contributed by atoms with Gasteiger partial charge in [0.05, 0.1) is 11.3 Å². The monoisotopic (exact) mass is 245 g/mol. The first kappa shape index (κ1) is 11.3. The third kappa shape index (κ3) is 2.33. The zero-order valence-corrected chi connectivity index (χ0v) is 9.50. The Morgan fingerprint density at radius 2 is 2.06 bits per heavy atom. The van der Waals surface area contributed by atoms with Gasteiger partial charge in [-0.3, -0.25) is 4.79 Å². The van der Waals surface area contributed by atoms with Crippen LogP contribution in [-0.4, -0.2) is 21.4 Å². The molecule has 0 bridgehead atoms. The Morgan fingerprint density at radius 1 is 1.35 bits per heavy atom. The van der Waals surface area contributed by atoms with E-state index in [0.29, 0.717) is 16.3 Å². The van der Waals surface area contributed by atoms with E-state index < -0.39 is 0 Å². The molecule has 0 N–H and O–H groups in total. The lowest BCUT2D eigenvalue weighted by Gasteiger charge is -2.07. The van der Waals surface area contributed by atoms with Gasteiger partial charge in [0.25, 0.3) is 5.78 Å². The number of Topliss-reactive ketones (excluding diaryl/α,β-unsaturated/α-hetero) is 1. The Balaban J connectivity index is 2.60. The lowest BCUT2D eigenvalue weighted by atomic mass is 10.1. The minimum absolute atomic E-state index is 0.382. The van der Waals surface area contributed by atoms with Crippen LogP contribution in [-0.2, 0) is 0 Å². The highest BCUT2D eigenvalue weighted by molar-refractivity contribution is 6.35. The molecule has 0 radical (unpaired) electrons. The van der Waals surface area contributed by atoms with E-state index in [2.05, 4.69) is 4.79 Å². The van der Waals surface area contributed by atoms with E-state index in [0.717, 1.165) is 6.21 Å². The third-order valence-electron chi connectivity index (χ3n) is 2.28. The highest BCUT2D eigenvalue weighted by atomic mass is 35.5. The molecular formula is C12H8ClN3O. The van der Waals surface area contributed by atoms with Crippen molar-refractivity contribution in [1.82, 2.24) is 4.57 Å². The molecule has 1 aromatic carbocycles. The van der Waals surface area contributed by atoms with E-state index in [-0.39, 0.29) is 5.78 Å². The molecule has 0 amide bonds. The summed E-state index contributed by atoms with van der Waals surface area (Å²) in [4.78, 5) is 14.4. The van der Waals surface area contributed by atoms with Crippen LogP contribution in [0.15, 0.2) is 42.7 Å². The number of ketones is 1. The van der Waals surface area contributed by atoms with Gasteiger partial charge in [0.1, 0.15) is 0 Å². The number of carbonyl (C=O) groups excluding carboxylic acids is 1. The normalized spacial score (nSPS) is 9.71. The summed E-state index contributed by atoms with van der Waals surface area (Å²) in [5.74, 6) is -0.382. The fourth-order valence-corrected chi connectivity index (χ4v) is 1.71. The van der Waals surface area contributed by atoms with Crippen molar-refractivity contribution in [3.8, 4) is 5.69 Å². The van der Waals surface area contributed by atoms with E-state index >= 15 is 0 Å². The average Bonchev–Trinajstić information content (AvgIpc) is 2.82. The van der Waals surface area contributed by atoms with Gasteiger partial charge in [-0.1, -0.05) is 11.6 Å². The molecule has 0 spiro atoms. The van der Waals surface area contributed by atoms with Crippen molar-refractivity contribution in [3.63, 3.8) is 0 Å². The van der Waals surface area contributed by atoms with Gasteiger partial charge in [-0.2, -0.15) is 4.79 Å². The van der Waals surface area contributed by atoms with Crippen LogP contribution < -0.4 is 0 Å². The Kier molecular flexibility index (Phi) is 3.19.